The minimum absolute atomic E-state index is 0. The molecule has 2 N–H and O–H groups in total. The highest BCUT2D eigenvalue weighted by Gasteiger charge is 2.40. The summed E-state index contributed by atoms with van der Waals surface area (Å²) in [6.07, 6.45) is 5.46. The van der Waals surface area contributed by atoms with Gasteiger partial charge < -0.3 is 37.0 Å². The molecule has 4 atom stereocenters. The van der Waals surface area contributed by atoms with Crippen molar-refractivity contribution in [1.82, 2.24) is 10.2 Å². The number of piperidine rings is 1. The number of ether oxygens (including phenoxy) is 3. The molecule has 3 aliphatic heterocycles. The molecule has 0 aromatic heterocycles. The maximum absolute atomic E-state index is 10.3. The zero-order chi connectivity index (χ0) is 23.8. The molecule has 5 rings (SSSR count). The Labute approximate surface area is 215 Å². The van der Waals surface area contributed by atoms with Crippen LogP contribution in [-0.2, 0) is 12.8 Å². The van der Waals surface area contributed by atoms with E-state index in [1.54, 1.807) is 21.3 Å². The fourth-order valence-electron chi connectivity index (χ4n) is 6.59. The Balaban J connectivity index is 0.00000289. The SMILES string of the molecule is CC[C@H]1CN2CCc3cc(OC)c(OC)cc3[C@@H]2C[C@@H]1C[C@H]1NCCc2cc(O)c(OC)cc21.[Cl-]. The van der Waals surface area contributed by atoms with Crippen molar-refractivity contribution in [2.24, 2.45) is 11.8 Å². The lowest BCUT2D eigenvalue weighted by Gasteiger charge is -2.48. The second-order valence-electron chi connectivity index (χ2n) is 10.0. The summed E-state index contributed by atoms with van der Waals surface area (Å²) in [5.41, 5.74) is 5.34. The van der Waals surface area contributed by atoms with Crippen LogP contribution >= 0.6 is 0 Å². The van der Waals surface area contributed by atoms with Crippen LogP contribution in [0.3, 0.4) is 0 Å². The number of nitrogens with one attached hydrogen (secondary N) is 1. The van der Waals surface area contributed by atoms with Crippen molar-refractivity contribution in [3.63, 3.8) is 0 Å². The molecule has 0 unspecified atom stereocenters. The van der Waals surface area contributed by atoms with Gasteiger partial charge in [-0.15, -0.1) is 0 Å². The van der Waals surface area contributed by atoms with Crippen molar-refractivity contribution in [1.29, 1.82) is 0 Å². The van der Waals surface area contributed by atoms with E-state index >= 15 is 0 Å². The monoisotopic (exact) mass is 501 g/mol. The van der Waals surface area contributed by atoms with E-state index in [1.165, 1.54) is 28.7 Å². The lowest BCUT2D eigenvalue weighted by molar-refractivity contribution is -0.00000897. The molecule has 2 aromatic rings. The van der Waals surface area contributed by atoms with Gasteiger partial charge in [0.1, 0.15) is 0 Å². The summed E-state index contributed by atoms with van der Waals surface area (Å²) in [5, 5.41) is 14.1. The Morgan fingerprint density at radius 1 is 0.914 bits per heavy atom. The fraction of sp³-hybridized carbons (Fsp3) is 0.571. The maximum atomic E-state index is 10.3. The number of fused-ring (bicyclic) bond motifs is 4. The predicted molar refractivity (Wildman–Crippen MR) is 133 cm³/mol. The first-order valence-corrected chi connectivity index (χ1v) is 12.7. The van der Waals surface area contributed by atoms with Crippen LogP contribution in [0.2, 0.25) is 0 Å². The molecule has 6 nitrogen and oxygen atoms in total. The number of methoxy groups -OCH3 is 3. The van der Waals surface area contributed by atoms with Crippen LogP contribution in [0.1, 0.15) is 60.5 Å². The lowest BCUT2D eigenvalue weighted by Crippen LogP contribution is -3.00. The maximum Gasteiger partial charge on any atom is 0.161 e. The van der Waals surface area contributed by atoms with Crippen molar-refractivity contribution in [2.75, 3.05) is 41.0 Å². The summed E-state index contributed by atoms with van der Waals surface area (Å²) >= 11 is 0. The Morgan fingerprint density at radius 2 is 1.60 bits per heavy atom. The van der Waals surface area contributed by atoms with E-state index < -0.39 is 0 Å². The minimum Gasteiger partial charge on any atom is -1.00 e. The van der Waals surface area contributed by atoms with E-state index in [0.29, 0.717) is 23.6 Å². The third kappa shape index (κ3) is 4.81. The van der Waals surface area contributed by atoms with Gasteiger partial charge in [-0.25, -0.2) is 0 Å². The van der Waals surface area contributed by atoms with E-state index in [2.05, 4.69) is 29.3 Å². The number of aromatic hydroxyl groups is 1. The summed E-state index contributed by atoms with van der Waals surface area (Å²) in [5.74, 6) is 3.76. The predicted octanol–water partition coefficient (Wildman–Crippen LogP) is 1.64. The molecule has 0 bridgehead atoms. The molecule has 7 heteroatoms. The molecule has 2 aromatic carbocycles. The average molecular weight is 502 g/mol. The largest absolute Gasteiger partial charge is 1.00 e. The smallest absolute Gasteiger partial charge is 0.161 e. The zero-order valence-corrected chi connectivity index (χ0v) is 22.0. The Kier molecular flexibility index (Phi) is 8.04. The van der Waals surface area contributed by atoms with E-state index in [0.717, 1.165) is 56.8 Å². The molecule has 0 spiro atoms. The van der Waals surface area contributed by atoms with Crippen molar-refractivity contribution in [3.8, 4) is 23.0 Å². The van der Waals surface area contributed by atoms with E-state index in [4.69, 9.17) is 14.2 Å². The summed E-state index contributed by atoms with van der Waals surface area (Å²) in [4.78, 5) is 2.70. The standard InChI is InChI=1S/C28H38N2O4.ClH/c1-5-17-16-30-9-7-19-13-27(33-3)28(34-4)15-22(19)24(30)11-20(17)10-23-21-14-26(32-2)25(31)12-18(21)6-8-29-23;/h12-15,17,20,23-24,29,31H,5-11,16H2,1-4H3;1H/p-1/t17-,20-,23+,24-;/m0./s1. The van der Waals surface area contributed by atoms with Gasteiger partial charge >= 0.3 is 0 Å². The summed E-state index contributed by atoms with van der Waals surface area (Å²) in [7, 11) is 5.06. The third-order valence-electron chi connectivity index (χ3n) is 8.44. The van der Waals surface area contributed by atoms with Crippen molar-refractivity contribution in [3.05, 3.63) is 46.5 Å². The van der Waals surface area contributed by atoms with E-state index in [-0.39, 0.29) is 24.2 Å². The Hall–Kier alpha value is -2.15. The molecule has 0 amide bonds. The van der Waals surface area contributed by atoms with Crippen molar-refractivity contribution in [2.45, 2.75) is 51.1 Å². The van der Waals surface area contributed by atoms with E-state index in [1.807, 2.05) is 12.1 Å². The van der Waals surface area contributed by atoms with Crippen LogP contribution in [0.15, 0.2) is 24.3 Å². The Morgan fingerprint density at radius 3 is 2.31 bits per heavy atom. The number of rotatable bonds is 6. The molecule has 3 aliphatic rings. The van der Waals surface area contributed by atoms with Crippen LogP contribution in [-0.4, -0.2) is 51.0 Å². The summed E-state index contributed by atoms with van der Waals surface area (Å²) in [6, 6.07) is 9.06. The van der Waals surface area contributed by atoms with Crippen LogP contribution in [0.25, 0.3) is 0 Å². The number of benzene rings is 2. The van der Waals surface area contributed by atoms with Gasteiger partial charge in [0.15, 0.2) is 23.0 Å². The molecule has 192 valence electrons. The topological polar surface area (TPSA) is 63.2 Å². The lowest BCUT2D eigenvalue weighted by atomic mass is 9.72. The number of nitrogens with zero attached hydrogens (tertiary/aromatic N) is 1. The molecule has 0 saturated carbocycles. The first kappa shape index (κ1) is 25.9. The van der Waals surface area contributed by atoms with Gasteiger partial charge in [0, 0.05) is 25.2 Å². The van der Waals surface area contributed by atoms with E-state index in [9.17, 15) is 5.11 Å². The minimum atomic E-state index is 0. The van der Waals surface area contributed by atoms with Gasteiger partial charge in [0.25, 0.3) is 0 Å². The van der Waals surface area contributed by atoms with Crippen LogP contribution in [0, 0.1) is 11.8 Å². The van der Waals surface area contributed by atoms with Crippen LogP contribution in [0.4, 0.5) is 0 Å². The Bertz CT molecular complexity index is 1050. The highest BCUT2D eigenvalue weighted by atomic mass is 35.5. The van der Waals surface area contributed by atoms with Crippen molar-refractivity contribution < 1.29 is 31.7 Å². The average Bonchev–Trinajstić information content (AvgIpc) is 2.87. The number of hydrogen-bond donors (Lipinski definition) is 2. The highest BCUT2D eigenvalue weighted by molar-refractivity contribution is 5.50. The molecular weight excluding hydrogens is 464 g/mol. The van der Waals surface area contributed by atoms with Gasteiger partial charge in [0.2, 0.25) is 0 Å². The first-order valence-electron chi connectivity index (χ1n) is 12.7. The van der Waals surface area contributed by atoms with Crippen LogP contribution in [0.5, 0.6) is 23.0 Å². The number of hydrogen-bond acceptors (Lipinski definition) is 6. The molecule has 35 heavy (non-hydrogen) atoms. The molecule has 1 saturated heterocycles. The van der Waals surface area contributed by atoms with Gasteiger partial charge in [0.05, 0.1) is 21.3 Å². The zero-order valence-electron chi connectivity index (χ0n) is 21.3. The van der Waals surface area contributed by atoms with Crippen molar-refractivity contribution >= 4 is 0 Å². The molecular formula is C28H38ClN2O4-. The van der Waals surface area contributed by atoms with Crippen LogP contribution < -0.4 is 31.9 Å². The molecule has 0 radical (unpaired) electrons. The molecule has 1 fully saturated rings. The number of phenolic OH excluding ortho intramolecular Hbond substituents is 1. The van der Waals surface area contributed by atoms with Gasteiger partial charge in [-0.3, -0.25) is 4.90 Å². The highest BCUT2D eigenvalue weighted by Crippen LogP contribution is 2.47. The van der Waals surface area contributed by atoms with Gasteiger partial charge in [-0.2, -0.15) is 0 Å². The first-order chi connectivity index (χ1) is 16.6. The second kappa shape index (κ2) is 10.9. The fourth-order valence-corrected chi connectivity index (χ4v) is 6.59. The number of phenols is 1. The summed E-state index contributed by atoms with van der Waals surface area (Å²) in [6.45, 7) is 5.55. The normalized spacial score (nSPS) is 25.5. The number of halogens is 1. The third-order valence-corrected chi connectivity index (χ3v) is 8.44. The van der Waals surface area contributed by atoms with Gasteiger partial charge in [-0.1, -0.05) is 13.3 Å². The molecule has 3 heterocycles. The van der Waals surface area contributed by atoms with Gasteiger partial charge in [-0.05, 0) is 90.6 Å². The quantitative estimate of drug-likeness (QED) is 0.627. The summed E-state index contributed by atoms with van der Waals surface area (Å²) < 4.78 is 16.7. The second-order valence-corrected chi connectivity index (χ2v) is 10.0. The molecule has 0 aliphatic carbocycles.